The summed E-state index contributed by atoms with van der Waals surface area (Å²) in [6.07, 6.45) is 1.29. The number of para-hydroxylation sites is 1. The molecule has 20 heavy (non-hydrogen) atoms. The third kappa shape index (κ3) is 3.38. The lowest BCUT2D eigenvalue weighted by molar-refractivity contribution is 0.277. The molecular formula is C16H21N3S. The monoisotopic (exact) mass is 287 g/mol. The highest BCUT2D eigenvalue weighted by atomic mass is 32.1. The van der Waals surface area contributed by atoms with Crippen molar-refractivity contribution < 1.29 is 0 Å². The van der Waals surface area contributed by atoms with Crippen molar-refractivity contribution in [2.45, 2.75) is 13.0 Å². The predicted molar refractivity (Wildman–Crippen MR) is 85.2 cm³/mol. The van der Waals surface area contributed by atoms with Crippen LogP contribution in [0.4, 0.5) is 5.69 Å². The summed E-state index contributed by atoms with van der Waals surface area (Å²) >= 11 is 1.68. The second-order valence-corrected chi connectivity index (χ2v) is 6.33. The molecule has 0 N–H and O–H groups in total. The average Bonchev–Trinajstić information content (AvgIpc) is 3.11. The molecule has 1 saturated heterocycles. The van der Waals surface area contributed by atoms with Crippen LogP contribution in [0.1, 0.15) is 12.1 Å². The summed E-state index contributed by atoms with van der Waals surface area (Å²) in [5, 5.41) is 2.14. The van der Waals surface area contributed by atoms with Gasteiger partial charge >= 0.3 is 0 Å². The third-order valence-corrected chi connectivity index (χ3v) is 4.53. The molecule has 0 amide bonds. The summed E-state index contributed by atoms with van der Waals surface area (Å²) in [4.78, 5) is 9.26. The molecule has 1 aliphatic rings. The van der Waals surface area contributed by atoms with E-state index in [1.807, 2.05) is 5.51 Å². The quantitative estimate of drug-likeness (QED) is 0.842. The van der Waals surface area contributed by atoms with Gasteiger partial charge < -0.3 is 9.80 Å². The molecule has 0 spiro atoms. The fourth-order valence-corrected chi connectivity index (χ4v) is 3.50. The van der Waals surface area contributed by atoms with Crippen molar-refractivity contribution in [3.63, 3.8) is 0 Å². The minimum absolute atomic E-state index is 0.763. The van der Waals surface area contributed by atoms with Gasteiger partial charge in [0.05, 0.1) is 11.2 Å². The fraction of sp³-hybridized carbons (Fsp3) is 0.438. The van der Waals surface area contributed by atoms with Crippen LogP contribution in [-0.4, -0.2) is 36.6 Å². The molecule has 0 unspecified atom stereocenters. The number of aromatic nitrogens is 1. The van der Waals surface area contributed by atoms with Crippen LogP contribution < -0.4 is 4.90 Å². The number of thiazole rings is 1. The smallest absolute Gasteiger partial charge is 0.0795 e. The Morgan fingerprint density at radius 2 is 2.20 bits per heavy atom. The second kappa shape index (κ2) is 6.37. The number of hydrogen-bond acceptors (Lipinski definition) is 4. The van der Waals surface area contributed by atoms with Crippen molar-refractivity contribution >= 4 is 17.0 Å². The Morgan fingerprint density at radius 3 is 2.95 bits per heavy atom. The first kappa shape index (κ1) is 13.6. The summed E-state index contributed by atoms with van der Waals surface area (Å²) in [5.41, 5.74) is 4.46. The van der Waals surface area contributed by atoms with Gasteiger partial charge in [-0.15, -0.1) is 11.3 Å². The lowest BCUT2D eigenvalue weighted by Crippen LogP contribution is -2.28. The first-order valence-corrected chi connectivity index (χ1v) is 8.11. The molecular weight excluding hydrogens is 266 g/mol. The Hall–Kier alpha value is -1.39. The van der Waals surface area contributed by atoms with Gasteiger partial charge in [-0.3, -0.25) is 0 Å². The van der Waals surface area contributed by atoms with E-state index in [0.717, 1.165) is 19.0 Å². The molecule has 1 aromatic heterocycles. The zero-order valence-corrected chi connectivity index (χ0v) is 12.7. The molecule has 1 fully saturated rings. The lowest BCUT2D eigenvalue weighted by atomic mass is 10.1. The van der Waals surface area contributed by atoms with Crippen LogP contribution in [0.3, 0.4) is 0 Å². The molecule has 106 valence electrons. The Balaban J connectivity index is 1.50. The number of anilines is 1. The minimum Gasteiger partial charge on any atom is -0.371 e. The van der Waals surface area contributed by atoms with E-state index in [9.17, 15) is 0 Å². The van der Waals surface area contributed by atoms with E-state index in [-0.39, 0.29) is 0 Å². The first-order valence-electron chi connectivity index (χ1n) is 7.17. The van der Waals surface area contributed by atoms with Gasteiger partial charge in [0.1, 0.15) is 0 Å². The van der Waals surface area contributed by atoms with E-state index in [2.05, 4.69) is 57.5 Å². The Bertz CT molecular complexity index is 512. The van der Waals surface area contributed by atoms with Crippen LogP contribution in [-0.2, 0) is 6.54 Å². The fourth-order valence-electron chi connectivity index (χ4n) is 2.95. The molecule has 2 heterocycles. The lowest BCUT2D eigenvalue weighted by Gasteiger charge is -2.22. The van der Waals surface area contributed by atoms with Crippen LogP contribution in [0.2, 0.25) is 0 Å². The van der Waals surface area contributed by atoms with Crippen LogP contribution in [0.5, 0.6) is 0 Å². The van der Waals surface area contributed by atoms with Gasteiger partial charge in [0, 0.05) is 37.2 Å². The van der Waals surface area contributed by atoms with Gasteiger partial charge in [0.15, 0.2) is 0 Å². The van der Waals surface area contributed by atoms with Crippen molar-refractivity contribution in [3.8, 4) is 0 Å². The van der Waals surface area contributed by atoms with Crippen LogP contribution >= 0.6 is 11.3 Å². The molecule has 1 atom stereocenters. The second-order valence-electron chi connectivity index (χ2n) is 5.61. The summed E-state index contributed by atoms with van der Waals surface area (Å²) in [6.45, 7) is 4.47. The van der Waals surface area contributed by atoms with E-state index < -0.39 is 0 Å². The van der Waals surface area contributed by atoms with Crippen LogP contribution in [0.25, 0.3) is 0 Å². The maximum atomic E-state index is 4.36. The van der Waals surface area contributed by atoms with Crippen molar-refractivity contribution in [2.24, 2.45) is 5.92 Å². The zero-order chi connectivity index (χ0) is 13.8. The van der Waals surface area contributed by atoms with E-state index in [1.54, 1.807) is 11.3 Å². The maximum Gasteiger partial charge on any atom is 0.0795 e. The molecule has 4 heteroatoms. The molecule has 2 aromatic rings. The van der Waals surface area contributed by atoms with Gasteiger partial charge in [0.2, 0.25) is 0 Å². The zero-order valence-electron chi connectivity index (χ0n) is 11.9. The van der Waals surface area contributed by atoms with Gasteiger partial charge in [-0.05, 0) is 31.5 Å². The average molecular weight is 287 g/mol. The molecule has 3 nitrogen and oxygen atoms in total. The molecule has 1 aliphatic heterocycles. The topological polar surface area (TPSA) is 19.4 Å². The Kier molecular flexibility index (Phi) is 4.33. The summed E-state index contributed by atoms with van der Waals surface area (Å²) in [5.74, 6) is 0.763. The van der Waals surface area contributed by atoms with Crippen molar-refractivity contribution in [1.82, 2.24) is 9.88 Å². The Morgan fingerprint density at radius 1 is 1.35 bits per heavy atom. The summed E-state index contributed by atoms with van der Waals surface area (Å²) in [7, 11) is 2.20. The SMILES string of the molecule is CN(Cc1cscn1)C[C@@H]1CCN(c2ccccc2)C1. The van der Waals surface area contributed by atoms with E-state index in [0.29, 0.717) is 0 Å². The van der Waals surface area contributed by atoms with Gasteiger partial charge in [-0.25, -0.2) is 4.98 Å². The molecule has 0 radical (unpaired) electrons. The number of hydrogen-bond donors (Lipinski definition) is 0. The minimum atomic E-state index is 0.763. The largest absolute Gasteiger partial charge is 0.371 e. The summed E-state index contributed by atoms with van der Waals surface area (Å²) < 4.78 is 0. The molecule has 0 saturated carbocycles. The Labute approximate surface area is 124 Å². The van der Waals surface area contributed by atoms with Crippen molar-refractivity contribution in [1.29, 1.82) is 0 Å². The summed E-state index contributed by atoms with van der Waals surface area (Å²) in [6, 6.07) is 10.7. The molecule has 0 bridgehead atoms. The predicted octanol–water partition coefficient (Wildman–Crippen LogP) is 3.10. The first-order chi connectivity index (χ1) is 9.81. The van der Waals surface area contributed by atoms with E-state index in [4.69, 9.17) is 0 Å². The number of benzene rings is 1. The maximum absolute atomic E-state index is 4.36. The standard InChI is InChI=1S/C16H21N3S/c1-18(11-15-12-20-13-17-15)9-14-7-8-19(10-14)16-5-3-2-4-6-16/h2-6,12-14H,7-11H2,1H3/t14-/m0/s1. The molecule has 0 aliphatic carbocycles. The number of nitrogens with zero attached hydrogens (tertiary/aromatic N) is 3. The highest BCUT2D eigenvalue weighted by Crippen LogP contribution is 2.24. The van der Waals surface area contributed by atoms with E-state index >= 15 is 0 Å². The van der Waals surface area contributed by atoms with Crippen LogP contribution in [0, 0.1) is 5.92 Å². The highest BCUT2D eigenvalue weighted by molar-refractivity contribution is 7.07. The van der Waals surface area contributed by atoms with Crippen molar-refractivity contribution in [3.05, 3.63) is 46.9 Å². The normalized spacial score (nSPS) is 18.9. The van der Waals surface area contributed by atoms with Crippen LogP contribution in [0.15, 0.2) is 41.2 Å². The van der Waals surface area contributed by atoms with Gasteiger partial charge in [-0.1, -0.05) is 18.2 Å². The van der Waals surface area contributed by atoms with Crippen molar-refractivity contribution in [2.75, 3.05) is 31.6 Å². The number of rotatable bonds is 5. The molecule has 3 rings (SSSR count). The third-order valence-electron chi connectivity index (χ3n) is 3.89. The van der Waals surface area contributed by atoms with Gasteiger partial charge in [0.25, 0.3) is 0 Å². The highest BCUT2D eigenvalue weighted by Gasteiger charge is 2.23. The molecule has 1 aromatic carbocycles. The van der Waals surface area contributed by atoms with Gasteiger partial charge in [-0.2, -0.15) is 0 Å². The van der Waals surface area contributed by atoms with E-state index in [1.165, 1.54) is 30.9 Å².